The number of benzene rings is 1. The molecule has 0 radical (unpaired) electrons. The predicted molar refractivity (Wildman–Crippen MR) is 70.4 cm³/mol. The molecule has 2 rings (SSSR count). The molecule has 3 nitrogen and oxygen atoms in total. The molecule has 1 heterocycles. The topological polar surface area (TPSA) is 24.5 Å². The van der Waals surface area contributed by atoms with Gasteiger partial charge in [0.05, 0.1) is 7.11 Å². The lowest BCUT2D eigenvalue weighted by atomic mass is 10.1. The average molecular weight is 252 g/mol. The van der Waals surface area contributed by atoms with E-state index < -0.39 is 0 Å². The Morgan fingerprint density at radius 1 is 1.50 bits per heavy atom. The van der Waals surface area contributed by atoms with E-state index in [2.05, 4.69) is 24.2 Å². The molecule has 1 N–H and O–H groups in total. The first kappa shape index (κ1) is 13.3. The largest absolute Gasteiger partial charge is 0.494 e. The van der Waals surface area contributed by atoms with Crippen LogP contribution in [0.15, 0.2) is 18.2 Å². The van der Waals surface area contributed by atoms with Crippen LogP contribution in [0.5, 0.6) is 5.75 Å². The summed E-state index contributed by atoms with van der Waals surface area (Å²) in [5.74, 6) is -0.00117. The SMILES string of the molecule is COc1cc(C(C)NC2CCN(C)C2)ccc1F. The van der Waals surface area contributed by atoms with Crippen LogP contribution in [0.25, 0.3) is 0 Å². The molecule has 0 bridgehead atoms. The van der Waals surface area contributed by atoms with Gasteiger partial charge in [-0.1, -0.05) is 6.07 Å². The van der Waals surface area contributed by atoms with Gasteiger partial charge in [-0.25, -0.2) is 4.39 Å². The van der Waals surface area contributed by atoms with Crippen LogP contribution in [-0.2, 0) is 0 Å². The lowest BCUT2D eigenvalue weighted by Crippen LogP contribution is -2.33. The van der Waals surface area contributed by atoms with E-state index in [-0.39, 0.29) is 11.9 Å². The first-order valence-corrected chi connectivity index (χ1v) is 6.38. The lowest BCUT2D eigenvalue weighted by Gasteiger charge is -2.20. The van der Waals surface area contributed by atoms with E-state index in [1.807, 2.05) is 6.07 Å². The molecule has 1 aliphatic heterocycles. The van der Waals surface area contributed by atoms with Gasteiger partial charge in [0.15, 0.2) is 11.6 Å². The van der Waals surface area contributed by atoms with Crippen molar-refractivity contribution in [3.05, 3.63) is 29.6 Å². The van der Waals surface area contributed by atoms with Crippen LogP contribution in [0.2, 0.25) is 0 Å². The highest BCUT2D eigenvalue weighted by atomic mass is 19.1. The Balaban J connectivity index is 2.02. The quantitative estimate of drug-likeness (QED) is 0.889. The zero-order valence-corrected chi connectivity index (χ0v) is 11.2. The summed E-state index contributed by atoms with van der Waals surface area (Å²) < 4.78 is 18.3. The highest BCUT2D eigenvalue weighted by molar-refractivity contribution is 5.32. The minimum atomic E-state index is -0.311. The maximum atomic E-state index is 13.3. The van der Waals surface area contributed by atoms with Crippen LogP contribution in [-0.4, -0.2) is 38.2 Å². The van der Waals surface area contributed by atoms with Gasteiger partial charge in [-0.3, -0.25) is 0 Å². The van der Waals surface area contributed by atoms with Gasteiger partial charge in [0, 0.05) is 18.6 Å². The Labute approximate surface area is 108 Å². The maximum Gasteiger partial charge on any atom is 0.165 e. The van der Waals surface area contributed by atoms with Gasteiger partial charge in [0.2, 0.25) is 0 Å². The predicted octanol–water partition coefficient (Wildman–Crippen LogP) is 2.19. The van der Waals surface area contributed by atoms with Gasteiger partial charge >= 0.3 is 0 Å². The van der Waals surface area contributed by atoms with Crippen LogP contribution >= 0.6 is 0 Å². The third kappa shape index (κ3) is 3.00. The molecule has 0 aliphatic carbocycles. The number of hydrogen-bond acceptors (Lipinski definition) is 3. The van der Waals surface area contributed by atoms with Gasteiger partial charge in [0.1, 0.15) is 0 Å². The summed E-state index contributed by atoms with van der Waals surface area (Å²) in [5.41, 5.74) is 1.06. The fourth-order valence-electron chi connectivity index (χ4n) is 2.47. The Bertz CT molecular complexity index is 411. The smallest absolute Gasteiger partial charge is 0.165 e. The molecule has 18 heavy (non-hydrogen) atoms. The van der Waals surface area contributed by atoms with Crippen LogP contribution in [0.4, 0.5) is 4.39 Å². The number of nitrogens with zero attached hydrogens (tertiary/aromatic N) is 1. The normalized spacial score (nSPS) is 22.1. The van der Waals surface area contributed by atoms with Crippen molar-refractivity contribution in [2.45, 2.75) is 25.4 Å². The van der Waals surface area contributed by atoms with Gasteiger partial charge in [-0.2, -0.15) is 0 Å². The number of nitrogens with one attached hydrogen (secondary N) is 1. The third-order valence-corrected chi connectivity index (χ3v) is 3.55. The molecule has 0 saturated carbocycles. The van der Waals surface area contributed by atoms with Gasteiger partial charge in [-0.15, -0.1) is 0 Å². The molecule has 0 spiro atoms. The number of likely N-dealkylation sites (N-methyl/N-ethyl adjacent to an activating group) is 1. The molecule has 2 unspecified atom stereocenters. The summed E-state index contributed by atoms with van der Waals surface area (Å²) in [6.07, 6.45) is 1.17. The minimum Gasteiger partial charge on any atom is -0.494 e. The lowest BCUT2D eigenvalue weighted by molar-refractivity contribution is 0.379. The van der Waals surface area contributed by atoms with E-state index in [0.29, 0.717) is 11.8 Å². The Hall–Kier alpha value is -1.13. The van der Waals surface area contributed by atoms with E-state index in [9.17, 15) is 4.39 Å². The number of halogens is 1. The molecule has 0 amide bonds. The summed E-state index contributed by atoms with van der Waals surface area (Å²) in [6.45, 7) is 4.31. The molecular weight excluding hydrogens is 231 g/mol. The molecule has 4 heteroatoms. The summed E-state index contributed by atoms with van der Waals surface area (Å²) in [4.78, 5) is 2.32. The number of likely N-dealkylation sites (tertiary alicyclic amines) is 1. The summed E-state index contributed by atoms with van der Waals surface area (Å²) >= 11 is 0. The van der Waals surface area contributed by atoms with Crippen LogP contribution in [0.3, 0.4) is 0 Å². The monoisotopic (exact) mass is 252 g/mol. The van der Waals surface area contributed by atoms with Crippen LogP contribution < -0.4 is 10.1 Å². The Kier molecular flexibility index (Phi) is 4.19. The molecule has 1 fully saturated rings. The summed E-state index contributed by atoms with van der Waals surface area (Å²) in [5, 5.41) is 3.58. The molecule has 2 atom stereocenters. The first-order chi connectivity index (χ1) is 8.60. The highest BCUT2D eigenvalue weighted by Crippen LogP contribution is 2.23. The van der Waals surface area contributed by atoms with E-state index in [1.165, 1.54) is 19.6 Å². The van der Waals surface area contributed by atoms with Crippen molar-refractivity contribution < 1.29 is 9.13 Å². The van der Waals surface area contributed by atoms with Gasteiger partial charge in [-0.05, 0) is 44.6 Å². The van der Waals surface area contributed by atoms with Crippen molar-refractivity contribution in [2.24, 2.45) is 0 Å². The van der Waals surface area contributed by atoms with Crippen LogP contribution in [0, 0.1) is 5.82 Å². The second-order valence-electron chi connectivity index (χ2n) is 5.03. The van der Waals surface area contributed by atoms with Crippen molar-refractivity contribution in [2.75, 3.05) is 27.2 Å². The van der Waals surface area contributed by atoms with Crippen molar-refractivity contribution in [1.82, 2.24) is 10.2 Å². The molecular formula is C14H21FN2O. The van der Waals surface area contributed by atoms with Crippen molar-refractivity contribution >= 4 is 0 Å². The molecule has 1 aromatic carbocycles. The standard InChI is InChI=1S/C14H21FN2O/c1-10(16-12-6-7-17(2)9-12)11-4-5-13(15)14(8-11)18-3/h4-5,8,10,12,16H,6-7,9H2,1-3H3. The number of methoxy groups -OCH3 is 1. The molecule has 1 aromatic rings. The van der Waals surface area contributed by atoms with Crippen LogP contribution in [0.1, 0.15) is 24.9 Å². The van der Waals surface area contributed by atoms with Crippen molar-refractivity contribution in [3.63, 3.8) is 0 Å². The zero-order chi connectivity index (χ0) is 13.1. The minimum absolute atomic E-state index is 0.205. The Morgan fingerprint density at radius 3 is 2.89 bits per heavy atom. The summed E-state index contributed by atoms with van der Waals surface area (Å²) in [7, 11) is 3.62. The van der Waals surface area contributed by atoms with E-state index in [1.54, 1.807) is 6.07 Å². The van der Waals surface area contributed by atoms with E-state index >= 15 is 0 Å². The van der Waals surface area contributed by atoms with Crippen molar-refractivity contribution in [3.8, 4) is 5.75 Å². The second kappa shape index (κ2) is 5.67. The van der Waals surface area contributed by atoms with Gasteiger partial charge in [0.25, 0.3) is 0 Å². The summed E-state index contributed by atoms with van der Waals surface area (Å²) in [6, 6.07) is 5.77. The number of rotatable bonds is 4. The number of ether oxygens (including phenoxy) is 1. The highest BCUT2D eigenvalue weighted by Gasteiger charge is 2.21. The fraction of sp³-hybridized carbons (Fsp3) is 0.571. The first-order valence-electron chi connectivity index (χ1n) is 6.38. The van der Waals surface area contributed by atoms with E-state index in [0.717, 1.165) is 18.7 Å². The molecule has 100 valence electrons. The third-order valence-electron chi connectivity index (χ3n) is 3.55. The van der Waals surface area contributed by atoms with Crippen molar-refractivity contribution in [1.29, 1.82) is 0 Å². The molecule has 1 aliphatic rings. The Morgan fingerprint density at radius 2 is 2.28 bits per heavy atom. The maximum absolute atomic E-state index is 13.3. The average Bonchev–Trinajstić information content (AvgIpc) is 2.75. The zero-order valence-electron chi connectivity index (χ0n) is 11.2. The fourth-order valence-corrected chi connectivity index (χ4v) is 2.47. The molecule has 1 saturated heterocycles. The second-order valence-corrected chi connectivity index (χ2v) is 5.03. The van der Waals surface area contributed by atoms with E-state index in [4.69, 9.17) is 4.74 Å². The number of hydrogen-bond donors (Lipinski definition) is 1. The molecule has 0 aromatic heterocycles. The van der Waals surface area contributed by atoms with Gasteiger partial charge < -0.3 is 15.0 Å².